The van der Waals surface area contributed by atoms with Gasteiger partial charge < -0.3 is 4.90 Å². The molecule has 110 valence electrons. The molecular formula is C14H21N3O2S. The van der Waals surface area contributed by atoms with Crippen molar-refractivity contribution < 1.29 is 8.42 Å². The van der Waals surface area contributed by atoms with Gasteiger partial charge in [-0.15, -0.1) is 0 Å². The molecule has 0 radical (unpaired) electrons. The van der Waals surface area contributed by atoms with Gasteiger partial charge in [0.2, 0.25) is 0 Å². The van der Waals surface area contributed by atoms with Crippen molar-refractivity contribution in [3.63, 3.8) is 0 Å². The van der Waals surface area contributed by atoms with Gasteiger partial charge in [-0.05, 0) is 43.0 Å². The molecule has 2 heterocycles. The Morgan fingerprint density at radius 1 is 1.10 bits per heavy atom. The van der Waals surface area contributed by atoms with Gasteiger partial charge in [0.25, 0.3) is 0 Å². The van der Waals surface area contributed by atoms with E-state index in [-0.39, 0.29) is 0 Å². The summed E-state index contributed by atoms with van der Waals surface area (Å²) in [7, 11) is -0.218. The molecule has 0 aromatic heterocycles. The predicted molar refractivity (Wildman–Crippen MR) is 81.5 cm³/mol. The average molecular weight is 295 g/mol. The van der Waals surface area contributed by atoms with Gasteiger partial charge in [-0.1, -0.05) is 0 Å². The van der Waals surface area contributed by atoms with E-state index in [4.69, 9.17) is 0 Å². The molecule has 0 amide bonds. The van der Waals surface area contributed by atoms with Gasteiger partial charge in [0.15, 0.2) is 0 Å². The van der Waals surface area contributed by atoms with Crippen LogP contribution in [0.25, 0.3) is 0 Å². The molecule has 0 N–H and O–H groups in total. The highest BCUT2D eigenvalue weighted by atomic mass is 32.2. The normalized spacial score (nSPS) is 18.9. The van der Waals surface area contributed by atoms with E-state index < -0.39 is 10.2 Å². The molecule has 0 spiro atoms. The van der Waals surface area contributed by atoms with Crippen LogP contribution in [0.3, 0.4) is 0 Å². The quantitative estimate of drug-likeness (QED) is 0.848. The third-order valence-corrected chi connectivity index (χ3v) is 5.99. The largest absolute Gasteiger partial charge is 0.372 e. The lowest BCUT2D eigenvalue weighted by atomic mass is 10.1. The maximum Gasteiger partial charge on any atom is 0.303 e. The lowest BCUT2D eigenvalue weighted by Crippen LogP contribution is -2.38. The van der Waals surface area contributed by atoms with Crippen LogP contribution in [0.4, 0.5) is 11.4 Å². The fraction of sp³-hybridized carbons (Fsp3) is 0.571. The Morgan fingerprint density at radius 2 is 1.80 bits per heavy atom. The topological polar surface area (TPSA) is 43.9 Å². The SMILES string of the molecule is CN(C)S(=O)(=O)N1CCc2cc(N3CCCC3)ccc21. The standard InChI is InChI=1S/C14H21N3O2S/c1-15(2)20(18,19)17-10-7-12-11-13(5-6-14(12)17)16-8-3-4-9-16/h5-6,11H,3-4,7-10H2,1-2H3. The van der Waals surface area contributed by atoms with Gasteiger partial charge in [-0.2, -0.15) is 12.7 Å². The number of rotatable bonds is 3. The van der Waals surface area contributed by atoms with E-state index >= 15 is 0 Å². The molecule has 2 aliphatic heterocycles. The fourth-order valence-electron chi connectivity index (χ4n) is 2.97. The van der Waals surface area contributed by atoms with Crippen molar-refractivity contribution in [2.75, 3.05) is 42.9 Å². The molecule has 1 aromatic rings. The Kier molecular flexibility index (Phi) is 3.38. The second-order valence-corrected chi connectivity index (χ2v) is 7.69. The van der Waals surface area contributed by atoms with Gasteiger partial charge in [-0.25, -0.2) is 0 Å². The molecule has 6 heteroatoms. The Labute approximate surface area is 121 Å². The van der Waals surface area contributed by atoms with Crippen LogP contribution in [-0.4, -0.2) is 46.5 Å². The smallest absolute Gasteiger partial charge is 0.303 e. The van der Waals surface area contributed by atoms with Crippen LogP contribution in [0.2, 0.25) is 0 Å². The zero-order valence-corrected chi connectivity index (χ0v) is 12.9. The zero-order chi connectivity index (χ0) is 14.3. The lowest BCUT2D eigenvalue weighted by molar-refractivity contribution is 0.517. The van der Waals surface area contributed by atoms with Crippen LogP contribution in [0, 0.1) is 0 Å². The summed E-state index contributed by atoms with van der Waals surface area (Å²) in [4.78, 5) is 2.38. The Balaban J connectivity index is 1.92. The summed E-state index contributed by atoms with van der Waals surface area (Å²) >= 11 is 0. The highest BCUT2D eigenvalue weighted by Crippen LogP contribution is 2.34. The fourth-order valence-corrected chi connectivity index (χ4v) is 4.11. The molecular weight excluding hydrogens is 274 g/mol. The maximum absolute atomic E-state index is 12.3. The van der Waals surface area contributed by atoms with Gasteiger partial charge >= 0.3 is 10.2 Å². The lowest BCUT2D eigenvalue weighted by Gasteiger charge is -2.24. The van der Waals surface area contributed by atoms with Crippen molar-refractivity contribution in [3.05, 3.63) is 23.8 Å². The molecule has 1 aromatic carbocycles. The Morgan fingerprint density at radius 3 is 2.45 bits per heavy atom. The highest BCUT2D eigenvalue weighted by molar-refractivity contribution is 7.90. The first kappa shape index (κ1) is 13.7. The molecule has 0 unspecified atom stereocenters. The van der Waals surface area contributed by atoms with Crippen molar-refractivity contribution in [1.82, 2.24) is 4.31 Å². The summed E-state index contributed by atoms with van der Waals surface area (Å²) in [6.07, 6.45) is 3.29. The van der Waals surface area contributed by atoms with E-state index in [1.165, 1.54) is 27.1 Å². The molecule has 5 nitrogen and oxygen atoms in total. The minimum absolute atomic E-state index is 0.541. The molecule has 0 aliphatic carbocycles. The van der Waals surface area contributed by atoms with E-state index in [0.29, 0.717) is 6.54 Å². The van der Waals surface area contributed by atoms with Gasteiger partial charge in [-0.3, -0.25) is 4.31 Å². The van der Waals surface area contributed by atoms with Crippen LogP contribution < -0.4 is 9.21 Å². The minimum atomic E-state index is -3.37. The first-order valence-electron chi connectivity index (χ1n) is 7.08. The van der Waals surface area contributed by atoms with E-state index in [1.807, 2.05) is 12.1 Å². The van der Waals surface area contributed by atoms with E-state index in [0.717, 1.165) is 30.8 Å². The van der Waals surface area contributed by atoms with E-state index in [2.05, 4.69) is 11.0 Å². The molecule has 20 heavy (non-hydrogen) atoms. The average Bonchev–Trinajstić information content (AvgIpc) is 3.07. The van der Waals surface area contributed by atoms with Crippen molar-refractivity contribution >= 4 is 21.6 Å². The summed E-state index contributed by atoms with van der Waals surface area (Å²) in [5, 5.41) is 0. The van der Waals surface area contributed by atoms with E-state index in [9.17, 15) is 8.42 Å². The highest BCUT2D eigenvalue weighted by Gasteiger charge is 2.31. The monoisotopic (exact) mass is 295 g/mol. The molecule has 3 rings (SSSR count). The third kappa shape index (κ3) is 2.16. The van der Waals surface area contributed by atoms with Crippen molar-refractivity contribution in [3.8, 4) is 0 Å². The molecule has 1 fully saturated rings. The van der Waals surface area contributed by atoms with Crippen molar-refractivity contribution in [2.45, 2.75) is 19.3 Å². The second-order valence-electron chi connectivity index (χ2n) is 5.62. The maximum atomic E-state index is 12.3. The number of nitrogens with zero attached hydrogens (tertiary/aromatic N) is 3. The van der Waals surface area contributed by atoms with Gasteiger partial charge in [0.05, 0.1) is 5.69 Å². The predicted octanol–water partition coefficient (Wildman–Crippen LogP) is 1.46. The zero-order valence-electron chi connectivity index (χ0n) is 12.0. The van der Waals surface area contributed by atoms with Crippen LogP contribution in [0.5, 0.6) is 0 Å². The first-order valence-corrected chi connectivity index (χ1v) is 8.48. The number of anilines is 2. The van der Waals surface area contributed by atoms with Crippen molar-refractivity contribution in [1.29, 1.82) is 0 Å². The van der Waals surface area contributed by atoms with Crippen LogP contribution in [0.1, 0.15) is 18.4 Å². The molecule has 2 aliphatic rings. The number of benzene rings is 1. The summed E-state index contributed by atoms with van der Waals surface area (Å²) in [5.74, 6) is 0. The summed E-state index contributed by atoms with van der Waals surface area (Å²) in [6, 6.07) is 6.16. The van der Waals surface area contributed by atoms with E-state index in [1.54, 1.807) is 14.1 Å². The Hall–Kier alpha value is -1.27. The van der Waals surface area contributed by atoms with Crippen LogP contribution in [0.15, 0.2) is 18.2 Å². The summed E-state index contributed by atoms with van der Waals surface area (Å²) < 4.78 is 27.3. The first-order chi connectivity index (χ1) is 9.50. The number of fused-ring (bicyclic) bond motifs is 1. The van der Waals surface area contributed by atoms with Crippen LogP contribution >= 0.6 is 0 Å². The van der Waals surface area contributed by atoms with Gasteiger partial charge in [0.1, 0.15) is 0 Å². The molecule has 0 atom stereocenters. The third-order valence-electron chi connectivity index (χ3n) is 4.13. The molecule has 0 saturated carbocycles. The molecule has 0 bridgehead atoms. The van der Waals surface area contributed by atoms with Gasteiger partial charge in [0, 0.05) is 39.4 Å². The summed E-state index contributed by atoms with van der Waals surface area (Å²) in [6.45, 7) is 2.76. The van der Waals surface area contributed by atoms with Crippen LogP contribution in [-0.2, 0) is 16.6 Å². The molecule has 1 saturated heterocycles. The van der Waals surface area contributed by atoms with Crippen molar-refractivity contribution in [2.24, 2.45) is 0 Å². The minimum Gasteiger partial charge on any atom is -0.372 e. The Bertz CT molecular complexity index is 607. The summed E-state index contributed by atoms with van der Waals surface area (Å²) in [5.41, 5.74) is 3.20. The number of hydrogen-bond acceptors (Lipinski definition) is 3. The number of hydrogen-bond donors (Lipinski definition) is 0. The second kappa shape index (κ2) is 4.93.